The van der Waals surface area contributed by atoms with Crippen molar-refractivity contribution in [2.45, 2.75) is 26.5 Å². The summed E-state index contributed by atoms with van der Waals surface area (Å²) in [6.07, 6.45) is 0.782. The second kappa shape index (κ2) is 3.93. The summed E-state index contributed by atoms with van der Waals surface area (Å²) in [5, 5.41) is 2.86. The highest BCUT2D eigenvalue weighted by Gasteiger charge is 2.27. The van der Waals surface area contributed by atoms with Gasteiger partial charge in [-0.3, -0.25) is 4.79 Å². The van der Waals surface area contributed by atoms with Gasteiger partial charge in [0.05, 0.1) is 5.56 Å². The second-order valence-corrected chi connectivity index (χ2v) is 3.89. The van der Waals surface area contributed by atoms with Crippen LogP contribution in [-0.4, -0.2) is 12.1 Å². The number of benzene rings is 1. The number of hydrogen-bond acceptors (Lipinski definition) is 2. The summed E-state index contributed by atoms with van der Waals surface area (Å²) < 4.78 is 5.72. The van der Waals surface area contributed by atoms with Crippen molar-refractivity contribution in [3.63, 3.8) is 0 Å². The highest BCUT2D eigenvalue weighted by atomic mass is 16.5. The van der Waals surface area contributed by atoms with Crippen molar-refractivity contribution in [3.8, 4) is 5.75 Å². The molecule has 3 heteroatoms. The molecule has 2 rings (SSSR count). The average molecular weight is 205 g/mol. The van der Waals surface area contributed by atoms with E-state index in [0.29, 0.717) is 17.2 Å². The molecular weight excluding hydrogens is 190 g/mol. The minimum atomic E-state index is -0.197. The van der Waals surface area contributed by atoms with E-state index in [1.54, 1.807) is 6.07 Å². The van der Waals surface area contributed by atoms with Gasteiger partial charge in [-0.25, -0.2) is 0 Å². The van der Waals surface area contributed by atoms with Crippen molar-refractivity contribution in [1.29, 1.82) is 0 Å². The first kappa shape index (κ1) is 10.0. The molecule has 3 nitrogen and oxygen atoms in total. The van der Waals surface area contributed by atoms with Crippen LogP contribution in [0.3, 0.4) is 0 Å². The number of para-hydroxylation sites is 1. The molecule has 0 fully saturated rings. The van der Waals surface area contributed by atoms with Gasteiger partial charge in [0.2, 0.25) is 0 Å². The van der Waals surface area contributed by atoms with Gasteiger partial charge in [0.25, 0.3) is 5.91 Å². The Kier molecular flexibility index (Phi) is 2.62. The predicted molar refractivity (Wildman–Crippen MR) is 57.8 cm³/mol. The number of hydrogen-bond donors (Lipinski definition) is 1. The van der Waals surface area contributed by atoms with Crippen LogP contribution >= 0.6 is 0 Å². The highest BCUT2D eigenvalue weighted by molar-refractivity contribution is 5.97. The molecule has 1 aliphatic heterocycles. The van der Waals surface area contributed by atoms with Gasteiger partial charge in [0, 0.05) is 5.92 Å². The highest BCUT2D eigenvalue weighted by Crippen LogP contribution is 2.25. The predicted octanol–water partition coefficient (Wildman–Crippen LogP) is 2.18. The van der Waals surface area contributed by atoms with Crippen molar-refractivity contribution < 1.29 is 9.53 Å². The van der Waals surface area contributed by atoms with E-state index >= 15 is 0 Å². The van der Waals surface area contributed by atoms with Crippen LogP contribution in [0.5, 0.6) is 5.75 Å². The number of carbonyl (C=O) groups excluding carboxylic acids is 1. The Hall–Kier alpha value is -1.51. The molecule has 1 amide bonds. The monoisotopic (exact) mass is 205 g/mol. The summed E-state index contributed by atoms with van der Waals surface area (Å²) in [6.45, 7) is 4.15. The third-order valence-corrected chi connectivity index (χ3v) is 2.82. The molecule has 2 unspecified atom stereocenters. The van der Waals surface area contributed by atoms with E-state index in [4.69, 9.17) is 4.74 Å². The van der Waals surface area contributed by atoms with Crippen LogP contribution in [0.15, 0.2) is 24.3 Å². The zero-order valence-corrected chi connectivity index (χ0v) is 8.99. The standard InChI is InChI=1S/C12H15NO2/c1-3-8(2)12-13-11(14)9-6-4-5-7-10(9)15-12/h4-8,12H,3H2,1-2H3,(H,13,14). The fourth-order valence-corrected chi connectivity index (χ4v) is 1.60. The lowest BCUT2D eigenvalue weighted by molar-refractivity contribution is 0.0610. The largest absolute Gasteiger partial charge is 0.470 e. The summed E-state index contributed by atoms with van der Waals surface area (Å²) in [4.78, 5) is 11.7. The van der Waals surface area contributed by atoms with E-state index in [1.807, 2.05) is 18.2 Å². The zero-order valence-electron chi connectivity index (χ0n) is 8.99. The molecule has 0 saturated heterocycles. The van der Waals surface area contributed by atoms with E-state index < -0.39 is 0 Å². The first-order valence-corrected chi connectivity index (χ1v) is 5.29. The molecule has 80 valence electrons. The fourth-order valence-electron chi connectivity index (χ4n) is 1.60. The van der Waals surface area contributed by atoms with Crippen LogP contribution < -0.4 is 10.1 Å². The fraction of sp³-hybridized carbons (Fsp3) is 0.417. The van der Waals surface area contributed by atoms with Gasteiger partial charge in [-0.15, -0.1) is 0 Å². The molecule has 0 spiro atoms. The lowest BCUT2D eigenvalue weighted by Gasteiger charge is -2.30. The molecule has 2 atom stereocenters. The Morgan fingerprint density at radius 1 is 1.47 bits per heavy atom. The number of nitrogens with one attached hydrogen (secondary N) is 1. The lowest BCUT2D eigenvalue weighted by Crippen LogP contribution is -2.46. The maximum Gasteiger partial charge on any atom is 0.257 e. The molecule has 0 saturated carbocycles. The van der Waals surface area contributed by atoms with Crippen molar-refractivity contribution in [1.82, 2.24) is 5.32 Å². The SMILES string of the molecule is CCC(C)C1NC(=O)c2ccccc2O1. The molecule has 0 aromatic heterocycles. The molecule has 15 heavy (non-hydrogen) atoms. The third-order valence-electron chi connectivity index (χ3n) is 2.82. The van der Waals surface area contributed by atoms with Gasteiger partial charge in [0.1, 0.15) is 5.75 Å². The Balaban J connectivity index is 2.26. The van der Waals surface area contributed by atoms with Gasteiger partial charge in [-0.1, -0.05) is 26.0 Å². The Labute approximate surface area is 89.4 Å². The molecular formula is C12H15NO2. The van der Waals surface area contributed by atoms with Gasteiger partial charge in [-0.2, -0.15) is 0 Å². The number of amides is 1. The number of rotatable bonds is 2. The minimum absolute atomic E-state index is 0.0397. The molecule has 0 radical (unpaired) electrons. The molecule has 0 aliphatic carbocycles. The van der Waals surface area contributed by atoms with E-state index in [2.05, 4.69) is 19.2 Å². The molecule has 1 aliphatic rings. The second-order valence-electron chi connectivity index (χ2n) is 3.89. The van der Waals surface area contributed by atoms with E-state index in [9.17, 15) is 4.79 Å². The van der Waals surface area contributed by atoms with Crippen molar-refractivity contribution in [2.24, 2.45) is 5.92 Å². The zero-order chi connectivity index (χ0) is 10.8. The van der Waals surface area contributed by atoms with E-state index in [1.165, 1.54) is 0 Å². The van der Waals surface area contributed by atoms with Gasteiger partial charge in [-0.05, 0) is 18.6 Å². The number of ether oxygens (including phenoxy) is 1. The summed E-state index contributed by atoms with van der Waals surface area (Å²) in [6, 6.07) is 7.33. The number of fused-ring (bicyclic) bond motifs is 1. The molecule has 1 aromatic rings. The third kappa shape index (κ3) is 1.82. The van der Waals surface area contributed by atoms with Gasteiger partial charge >= 0.3 is 0 Å². The van der Waals surface area contributed by atoms with E-state index in [0.717, 1.165) is 6.42 Å². The van der Waals surface area contributed by atoms with E-state index in [-0.39, 0.29) is 12.1 Å². The maximum absolute atomic E-state index is 11.7. The van der Waals surface area contributed by atoms with Gasteiger partial charge in [0.15, 0.2) is 6.23 Å². The van der Waals surface area contributed by atoms with Gasteiger partial charge < -0.3 is 10.1 Å². The summed E-state index contributed by atoms with van der Waals surface area (Å²) in [5.74, 6) is 0.969. The summed E-state index contributed by atoms with van der Waals surface area (Å²) >= 11 is 0. The Morgan fingerprint density at radius 2 is 2.20 bits per heavy atom. The minimum Gasteiger partial charge on any atom is -0.470 e. The molecule has 1 heterocycles. The normalized spacial score (nSPS) is 21.2. The van der Waals surface area contributed by atoms with Crippen molar-refractivity contribution in [2.75, 3.05) is 0 Å². The number of carbonyl (C=O) groups is 1. The van der Waals surface area contributed by atoms with Crippen LogP contribution in [0.1, 0.15) is 30.6 Å². The Bertz CT molecular complexity index is 376. The smallest absolute Gasteiger partial charge is 0.257 e. The van der Waals surface area contributed by atoms with Crippen LogP contribution in [0, 0.1) is 5.92 Å². The van der Waals surface area contributed by atoms with Crippen LogP contribution in [-0.2, 0) is 0 Å². The van der Waals surface area contributed by atoms with Crippen LogP contribution in [0.4, 0.5) is 0 Å². The summed E-state index contributed by atoms with van der Waals surface area (Å²) in [7, 11) is 0. The lowest BCUT2D eigenvalue weighted by atomic mass is 10.0. The van der Waals surface area contributed by atoms with Crippen molar-refractivity contribution >= 4 is 5.91 Å². The molecule has 1 N–H and O–H groups in total. The topological polar surface area (TPSA) is 38.3 Å². The summed E-state index contributed by atoms with van der Waals surface area (Å²) in [5.41, 5.74) is 0.622. The maximum atomic E-state index is 11.7. The molecule has 0 bridgehead atoms. The first-order valence-electron chi connectivity index (χ1n) is 5.29. The van der Waals surface area contributed by atoms with Crippen LogP contribution in [0.2, 0.25) is 0 Å². The van der Waals surface area contributed by atoms with Crippen molar-refractivity contribution in [3.05, 3.63) is 29.8 Å². The Morgan fingerprint density at radius 3 is 2.93 bits per heavy atom. The molecule has 1 aromatic carbocycles. The first-order chi connectivity index (χ1) is 7.22. The average Bonchev–Trinajstić information content (AvgIpc) is 2.28. The quantitative estimate of drug-likeness (QED) is 0.803. The van der Waals surface area contributed by atoms with Crippen LogP contribution in [0.25, 0.3) is 0 Å².